The fraction of sp³-hybridized carbons (Fsp3) is 1.00. The first kappa shape index (κ1) is 47.0. The van der Waals surface area contributed by atoms with Crippen molar-refractivity contribution in [3.8, 4) is 0 Å². The molecule has 294 valence electrons. The van der Waals surface area contributed by atoms with E-state index in [1.54, 1.807) is 0 Å². The fourth-order valence-corrected chi connectivity index (χ4v) is 12.6. The van der Waals surface area contributed by atoms with Crippen LogP contribution >= 0.6 is 0 Å². The molecule has 0 radical (unpaired) electrons. The monoisotopic (exact) mass is 689 g/mol. The molecule has 4 aliphatic carbocycles. The molecule has 0 amide bonds. The van der Waals surface area contributed by atoms with Crippen molar-refractivity contribution in [2.24, 2.45) is 65.0 Å². The zero-order valence-electron chi connectivity index (χ0n) is 38.8. The molecule has 0 aromatic carbocycles. The molecule has 0 unspecified atom stereocenters. The molecule has 4 saturated carbocycles. The lowest BCUT2D eigenvalue weighted by molar-refractivity contribution is -0.165. The maximum absolute atomic E-state index is 9.51. The van der Waals surface area contributed by atoms with Crippen molar-refractivity contribution in [1.29, 1.82) is 0 Å². The smallest absolute Gasteiger partial charge is 0.0551 e. The highest BCUT2D eigenvalue weighted by Crippen LogP contribution is 2.68. The van der Waals surface area contributed by atoms with E-state index in [1.807, 2.05) is 0 Å². The maximum atomic E-state index is 9.51. The number of hydrogen-bond donors (Lipinski definition) is 1. The Morgan fingerprint density at radius 2 is 0.469 bits per heavy atom. The van der Waals surface area contributed by atoms with Crippen LogP contribution in [-0.4, -0.2) is 11.2 Å². The minimum Gasteiger partial charge on any atom is -0.393 e. The number of hydrogen-bond acceptors (Lipinski definition) is 1. The molecule has 0 bridgehead atoms. The topological polar surface area (TPSA) is 20.2 Å². The normalized spacial score (nSPS) is 23.7. The molecule has 1 heteroatoms. The molecule has 0 aliphatic heterocycles. The first-order chi connectivity index (χ1) is 21.2. The van der Waals surface area contributed by atoms with Crippen LogP contribution in [0.4, 0.5) is 0 Å². The van der Waals surface area contributed by atoms with Crippen LogP contribution in [0.1, 0.15) is 237 Å². The Labute approximate surface area is 312 Å². The van der Waals surface area contributed by atoms with Crippen molar-refractivity contribution in [1.82, 2.24) is 0 Å². The Morgan fingerprint density at radius 1 is 0.286 bits per heavy atom. The van der Waals surface area contributed by atoms with Gasteiger partial charge in [-0.25, -0.2) is 0 Å². The van der Waals surface area contributed by atoms with Crippen LogP contribution in [0.2, 0.25) is 0 Å². The van der Waals surface area contributed by atoms with E-state index in [9.17, 15) is 5.11 Å². The van der Waals surface area contributed by atoms with E-state index in [0.29, 0.717) is 65.0 Å². The highest BCUT2D eigenvalue weighted by atomic mass is 16.3. The van der Waals surface area contributed by atoms with Gasteiger partial charge in [0.2, 0.25) is 0 Å². The van der Waals surface area contributed by atoms with Crippen molar-refractivity contribution >= 4 is 0 Å². The predicted molar refractivity (Wildman–Crippen MR) is 222 cm³/mol. The van der Waals surface area contributed by atoms with Crippen LogP contribution in [0.15, 0.2) is 0 Å². The van der Waals surface area contributed by atoms with Gasteiger partial charge in [0.1, 0.15) is 0 Å². The summed E-state index contributed by atoms with van der Waals surface area (Å²) in [6.07, 6.45) is 14.8. The molecule has 1 N–H and O–H groups in total. The third-order valence-corrected chi connectivity index (χ3v) is 16.1. The van der Waals surface area contributed by atoms with Crippen molar-refractivity contribution in [2.45, 2.75) is 243 Å². The van der Waals surface area contributed by atoms with Gasteiger partial charge in [-0.05, 0) is 116 Å². The van der Waals surface area contributed by atoms with Gasteiger partial charge in [-0.15, -0.1) is 0 Å². The van der Waals surface area contributed by atoms with E-state index < -0.39 is 0 Å². The van der Waals surface area contributed by atoms with Crippen LogP contribution < -0.4 is 0 Å². The maximum Gasteiger partial charge on any atom is 0.0551 e. The van der Waals surface area contributed by atoms with Crippen LogP contribution in [0.3, 0.4) is 0 Å². The van der Waals surface area contributed by atoms with E-state index in [-0.39, 0.29) is 6.10 Å². The summed E-state index contributed by atoms with van der Waals surface area (Å²) in [5, 5.41) is 9.51. The van der Waals surface area contributed by atoms with Crippen LogP contribution in [-0.2, 0) is 0 Å². The zero-order chi connectivity index (χ0) is 39.4. The molecule has 4 fully saturated rings. The van der Waals surface area contributed by atoms with Crippen molar-refractivity contribution in [2.75, 3.05) is 0 Å². The van der Waals surface area contributed by atoms with Gasteiger partial charge in [-0.2, -0.15) is 0 Å². The van der Waals surface area contributed by atoms with Gasteiger partial charge in [0, 0.05) is 0 Å². The van der Waals surface area contributed by atoms with Gasteiger partial charge < -0.3 is 5.11 Å². The molecule has 0 spiro atoms. The Balaban J connectivity index is 0.000000327. The molecule has 1 nitrogen and oxygen atoms in total. The summed E-state index contributed by atoms with van der Waals surface area (Å²) in [5.74, 6) is 0. The van der Waals surface area contributed by atoms with Crippen molar-refractivity contribution in [3.63, 3.8) is 0 Å². The lowest BCUT2D eigenvalue weighted by Gasteiger charge is -2.61. The summed E-state index contributed by atoms with van der Waals surface area (Å²) in [6.45, 7) is 57.0. The van der Waals surface area contributed by atoms with Gasteiger partial charge in [-0.3, -0.25) is 0 Å². The average molecular weight is 689 g/mol. The molecule has 0 saturated heterocycles. The van der Waals surface area contributed by atoms with Gasteiger partial charge in [-0.1, -0.05) is 185 Å². The standard InChI is InChI=1S/C13H26.C12H24O.C12H24.C11H22/c1-11(2,3)13(12(4,5)6)9-7-8-10-13;1-10(2,3)12(11(4,5)6)7-9(13)8-12;1-10(2,3)12(8-7-9-12)11(4,5)6;1-9(2,3)11(7-8-11)10(4,5)6/h7-10H2,1-6H3;9,13H,7-8H2,1-6H3;7-9H2,1-6H3;7-8H2,1-6H3. The molecule has 0 aromatic heterocycles. The average Bonchev–Trinajstić information content (AvgIpc) is 3.42. The SMILES string of the molecule is CC(C)(C)C1(C(C)(C)C)CC(O)C1.CC(C)(C)C1(C(C)(C)C)CC1.CC(C)(C)C1(C(C)(C)C)CCC1.CC(C)(C)C1(C(C)(C)C)CCCC1. The Bertz CT molecular complexity index is 944. The molecule has 4 rings (SSSR count). The second kappa shape index (κ2) is 14.3. The summed E-state index contributed by atoms with van der Waals surface area (Å²) in [7, 11) is 0. The van der Waals surface area contributed by atoms with E-state index >= 15 is 0 Å². The highest BCUT2D eigenvalue weighted by molar-refractivity contribution is 5.09. The van der Waals surface area contributed by atoms with Crippen molar-refractivity contribution < 1.29 is 5.11 Å². The van der Waals surface area contributed by atoms with Crippen LogP contribution in [0.25, 0.3) is 0 Å². The van der Waals surface area contributed by atoms with E-state index in [1.165, 1.54) is 57.8 Å². The second-order valence-electron chi connectivity index (χ2n) is 26.0. The van der Waals surface area contributed by atoms with Crippen molar-refractivity contribution in [3.05, 3.63) is 0 Å². The van der Waals surface area contributed by atoms with Gasteiger partial charge >= 0.3 is 0 Å². The van der Waals surface area contributed by atoms with Gasteiger partial charge in [0.15, 0.2) is 0 Å². The number of aliphatic hydroxyl groups is 1. The Kier molecular flexibility index (Phi) is 13.7. The number of aliphatic hydroxyl groups excluding tert-OH is 1. The van der Waals surface area contributed by atoms with E-state index in [2.05, 4.69) is 166 Å². The van der Waals surface area contributed by atoms with Crippen LogP contribution in [0, 0.1) is 65.0 Å². The van der Waals surface area contributed by atoms with E-state index in [4.69, 9.17) is 0 Å². The summed E-state index contributed by atoms with van der Waals surface area (Å²) in [4.78, 5) is 0. The third kappa shape index (κ3) is 9.37. The first-order valence-electron chi connectivity index (χ1n) is 20.9. The summed E-state index contributed by atoms with van der Waals surface area (Å²) < 4.78 is 0. The molecule has 4 aliphatic rings. The van der Waals surface area contributed by atoms with Crippen LogP contribution in [0.5, 0.6) is 0 Å². The predicted octanol–water partition coefficient (Wildman–Crippen LogP) is 16.0. The first-order valence-corrected chi connectivity index (χ1v) is 20.9. The second-order valence-corrected chi connectivity index (χ2v) is 26.0. The minimum atomic E-state index is -0.0570. The Hall–Kier alpha value is -0.0400. The molecular formula is C48H96O. The fourth-order valence-electron chi connectivity index (χ4n) is 12.6. The Morgan fingerprint density at radius 3 is 0.531 bits per heavy atom. The minimum absolute atomic E-state index is 0.0570. The molecule has 0 atom stereocenters. The van der Waals surface area contributed by atoms with Gasteiger partial charge in [0.25, 0.3) is 0 Å². The lowest BCUT2D eigenvalue weighted by Crippen LogP contribution is -2.57. The van der Waals surface area contributed by atoms with Gasteiger partial charge in [0.05, 0.1) is 6.10 Å². The third-order valence-electron chi connectivity index (χ3n) is 16.1. The summed E-state index contributed by atoms with van der Waals surface area (Å²) in [5.41, 5.74) is 5.56. The largest absolute Gasteiger partial charge is 0.393 e. The highest BCUT2D eigenvalue weighted by Gasteiger charge is 2.59. The molecule has 0 aromatic rings. The quantitative estimate of drug-likeness (QED) is 0.269. The molecular weight excluding hydrogens is 593 g/mol. The summed E-state index contributed by atoms with van der Waals surface area (Å²) >= 11 is 0. The zero-order valence-corrected chi connectivity index (χ0v) is 38.8. The summed E-state index contributed by atoms with van der Waals surface area (Å²) in [6, 6.07) is 0. The number of rotatable bonds is 0. The molecule has 49 heavy (non-hydrogen) atoms. The molecule has 0 heterocycles. The lowest BCUT2D eigenvalue weighted by atomic mass is 9.44. The van der Waals surface area contributed by atoms with E-state index in [0.717, 1.165) is 12.8 Å².